The van der Waals surface area contributed by atoms with E-state index in [1.54, 1.807) is 19.1 Å². The van der Waals surface area contributed by atoms with Gasteiger partial charge in [-0.25, -0.2) is 17.5 Å². The van der Waals surface area contributed by atoms with Gasteiger partial charge in [-0.3, -0.25) is 0 Å². The van der Waals surface area contributed by atoms with Crippen LogP contribution < -0.4 is 4.72 Å². The van der Waals surface area contributed by atoms with E-state index in [9.17, 15) is 12.8 Å². The maximum absolute atomic E-state index is 13.1. The number of benzene rings is 1. The summed E-state index contributed by atoms with van der Waals surface area (Å²) in [5.74, 6) is 0.166. The molecule has 0 aliphatic rings. The summed E-state index contributed by atoms with van der Waals surface area (Å²) >= 11 is 2.74. The monoisotopic (exact) mass is 435 g/mol. The smallest absolute Gasteiger partial charge is 0.268 e. The van der Waals surface area contributed by atoms with Gasteiger partial charge in [0.15, 0.2) is 0 Å². The Bertz CT molecular complexity index is 1200. The first-order chi connectivity index (χ1) is 13.4. The molecule has 4 aromatic rings. The molecular weight excluding hydrogens is 421 g/mol. The van der Waals surface area contributed by atoms with Crippen LogP contribution >= 0.6 is 22.7 Å². The number of sulfonamides is 1. The van der Waals surface area contributed by atoms with Crippen LogP contribution in [-0.4, -0.2) is 18.6 Å². The zero-order valence-corrected chi connectivity index (χ0v) is 17.0. The normalized spacial score (nSPS) is 11.8. The van der Waals surface area contributed by atoms with Crippen LogP contribution in [0.1, 0.15) is 9.75 Å². The third-order valence-corrected chi connectivity index (χ3v) is 7.49. The van der Waals surface area contributed by atoms with Crippen molar-refractivity contribution in [2.45, 2.75) is 18.4 Å². The predicted molar refractivity (Wildman–Crippen MR) is 106 cm³/mol. The summed E-state index contributed by atoms with van der Waals surface area (Å²) in [4.78, 5) is 6.59. The summed E-state index contributed by atoms with van der Waals surface area (Å²) in [6.07, 6.45) is 0. The Balaban J connectivity index is 1.58. The second kappa shape index (κ2) is 7.55. The Labute approximate surface area is 168 Å². The van der Waals surface area contributed by atoms with Gasteiger partial charge in [-0.1, -0.05) is 11.2 Å². The van der Waals surface area contributed by atoms with E-state index in [2.05, 4.69) is 14.9 Å². The van der Waals surface area contributed by atoms with Crippen molar-refractivity contribution in [2.24, 2.45) is 0 Å². The number of hydrogen-bond acceptors (Lipinski definition) is 7. The highest BCUT2D eigenvalue weighted by Crippen LogP contribution is 2.33. The minimum Gasteiger partial charge on any atom is -0.333 e. The van der Waals surface area contributed by atoms with Crippen LogP contribution in [0.25, 0.3) is 22.2 Å². The van der Waals surface area contributed by atoms with Crippen LogP contribution in [0.2, 0.25) is 0 Å². The number of rotatable bonds is 6. The van der Waals surface area contributed by atoms with E-state index in [1.165, 1.54) is 40.9 Å². The molecule has 1 aromatic carbocycles. The fraction of sp³-hybridized carbons (Fsp3) is 0.111. The summed E-state index contributed by atoms with van der Waals surface area (Å²) in [6.45, 7) is 1.96. The van der Waals surface area contributed by atoms with Crippen LogP contribution in [0.3, 0.4) is 0 Å². The molecule has 3 heterocycles. The Morgan fingerprint density at radius 1 is 1.21 bits per heavy atom. The third kappa shape index (κ3) is 3.90. The van der Waals surface area contributed by atoms with Crippen molar-refractivity contribution < 1.29 is 17.3 Å². The highest BCUT2D eigenvalue weighted by atomic mass is 32.2. The van der Waals surface area contributed by atoms with Gasteiger partial charge in [0.2, 0.25) is 15.8 Å². The van der Waals surface area contributed by atoms with Crippen molar-refractivity contribution >= 4 is 32.7 Å². The first-order valence-corrected chi connectivity index (χ1v) is 11.3. The molecule has 1 N–H and O–H groups in total. The highest BCUT2D eigenvalue weighted by molar-refractivity contribution is 7.89. The van der Waals surface area contributed by atoms with Crippen molar-refractivity contribution in [3.8, 4) is 22.2 Å². The fourth-order valence-corrected chi connectivity index (χ4v) is 5.79. The zero-order chi connectivity index (χ0) is 19.7. The first kappa shape index (κ1) is 18.9. The second-order valence-electron chi connectivity index (χ2n) is 5.87. The molecule has 0 saturated heterocycles. The van der Waals surface area contributed by atoms with Crippen LogP contribution in [-0.2, 0) is 16.6 Å². The van der Waals surface area contributed by atoms with Gasteiger partial charge in [-0.05, 0) is 48.7 Å². The van der Waals surface area contributed by atoms with E-state index in [4.69, 9.17) is 4.52 Å². The van der Waals surface area contributed by atoms with Crippen LogP contribution in [0.15, 0.2) is 57.3 Å². The topological polar surface area (TPSA) is 85.1 Å². The number of aromatic nitrogens is 2. The number of nitrogens with zero attached hydrogens (tertiary/aromatic N) is 2. The van der Waals surface area contributed by atoms with Crippen molar-refractivity contribution in [1.82, 2.24) is 14.9 Å². The average Bonchev–Trinajstić information content (AvgIpc) is 3.41. The molecule has 10 heteroatoms. The Morgan fingerprint density at radius 3 is 2.71 bits per heavy atom. The molecule has 0 spiro atoms. The third-order valence-electron chi connectivity index (χ3n) is 3.92. The molecule has 0 aliphatic carbocycles. The standard InChI is InChI=1S/C18H14FN3O3S3/c1-11-16(28(23,24)20-10-14-3-2-8-26-14)9-15(27-11)18-21-17(22-25-18)12-4-6-13(19)7-5-12/h2-9,20H,10H2,1H3. The molecule has 0 radical (unpaired) electrons. The molecule has 0 fully saturated rings. The quantitative estimate of drug-likeness (QED) is 0.484. The van der Waals surface area contributed by atoms with Crippen molar-refractivity contribution in [1.29, 1.82) is 0 Å². The minimum absolute atomic E-state index is 0.186. The van der Waals surface area contributed by atoms with Gasteiger partial charge in [0.05, 0.1) is 9.77 Å². The lowest BCUT2D eigenvalue weighted by Gasteiger charge is -2.04. The van der Waals surface area contributed by atoms with Crippen molar-refractivity contribution in [3.05, 3.63) is 63.4 Å². The van der Waals surface area contributed by atoms with Gasteiger partial charge >= 0.3 is 0 Å². The minimum atomic E-state index is -3.67. The molecule has 0 atom stereocenters. The summed E-state index contributed by atoms with van der Waals surface area (Å²) in [5, 5.41) is 5.79. The molecule has 28 heavy (non-hydrogen) atoms. The second-order valence-corrected chi connectivity index (χ2v) is 9.89. The maximum Gasteiger partial charge on any atom is 0.268 e. The lowest BCUT2D eigenvalue weighted by molar-refractivity contribution is 0.433. The fourth-order valence-electron chi connectivity index (χ4n) is 2.53. The molecular formula is C18H14FN3O3S3. The Kier molecular flexibility index (Phi) is 5.11. The van der Waals surface area contributed by atoms with Crippen LogP contribution in [0.4, 0.5) is 4.39 Å². The summed E-state index contributed by atoms with van der Waals surface area (Å²) in [7, 11) is -3.67. The van der Waals surface area contributed by atoms with E-state index in [0.717, 1.165) is 4.88 Å². The molecule has 144 valence electrons. The van der Waals surface area contributed by atoms with Gasteiger partial charge in [0.1, 0.15) is 5.82 Å². The number of halogens is 1. The van der Waals surface area contributed by atoms with E-state index < -0.39 is 10.0 Å². The number of hydrogen-bond donors (Lipinski definition) is 1. The van der Waals surface area contributed by atoms with E-state index in [1.807, 2.05) is 17.5 Å². The lowest BCUT2D eigenvalue weighted by atomic mass is 10.2. The molecule has 0 amide bonds. The van der Waals surface area contributed by atoms with Gasteiger partial charge in [0, 0.05) is 21.9 Å². The Hall–Kier alpha value is -2.40. The molecule has 6 nitrogen and oxygen atoms in total. The van der Waals surface area contributed by atoms with Gasteiger partial charge < -0.3 is 4.52 Å². The van der Waals surface area contributed by atoms with Gasteiger partial charge in [-0.15, -0.1) is 22.7 Å². The van der Waals surface area contributed by atoms with E-state index in [-0.39, 0.29) is 23.1 Å². The average molecular weight is 436 g/mol. The lowest BCUT2D eigenvalue weighted by Crippen LogP contribution is -2.22. The van der Waals surface area contributed by atoms with E-state index >= 15 is 0 Å². The molecule has 0 unspecified atom stereocenters. The zero-order valence-electron chi connectivity index (χ0n) is 14.5. The number of nitrogens with one attached hydrogen (secondary N) is 1. The van der Waals surface area contributed by atoms with Gasteiger partial charge in [0.25, 0.3) is 5.89 Å². The molecule has 0 bridgehead atoms. The van der Waals surface area contributed by atoms with Crippen molar-refractivity contribution in [3.63, 3.8) is 0 Å². The summed E-state index contributed by atoms with van der Waals surface area (Å²) in [5.41, 5.74) is 0.607. The molecule has 4 rings (SSSR count). The van der Waals surface area contributed by atoms with E-state index in [0.29, 0.717) is 21.1 Å². The number of aryl methyl sites for hydroxylation is 1. The number of thiophene rings is 2. The summed E-state index contributed by atoms with van der Waals surface area (Å²) < 4.78 is 46.2. The molecule has 3 aromatic heterocycles. The van der Waals surface area contributed by atoms with Crippen LogP contribution in [0.5, 0.6) is 0 Å². The molecule has 0 saturated carbocycles. The highest BCUT2D eigenvalue weighted by Gasteiger charge is 2.23. The SMILES string of the molecule is Cc1sc(-c2nc(-c3ccc(F)cc3)no2)cc1S(=O)(=O)NCc1cccs1. The summed E-state index contributed by atoms with van der Waals surface area (Å²) in [6, 6.07) is 11.0. The Morgan fingerprint density at radius 2 is 2.00 bits per heavy atom. The predicted octanol–water partition coefficient (Wildman–Crippen LogP) is 4.45. The van der Waals surface area contributed by atoms with Crippen LogP contribution in [0, 0.1) is 12.7 Å². The first-order valence-electron chi connectivity index (χ1n) is 8.15. The maximum atomic E-state index is 13.1. The largest absolute Gasteiger partial charge is 0.333 e. The molecule has 0 aliphatic heterocycles. The van der Waals surface area contributed by atoms with Gasteiger partial charge in [-0.2, -0.15) is 4.98 Å². The van der Waals surface area contributed by atoms with Crippen molar-refractivity contribution in [2.75, 3.05) is 0 Å².